The van der Waals surface area contributed by atoms with Crippen molar-refractivity contribution in [2.24, 2.45) is 5.41 Å². The van der Waals surface area contributed by atoms with E-state index in [2.05, 4.69) is 33.0 Å². The summed E-state index contributed by atoms with van der Waals surface area (Å²) in [5.41, 5.74) is 2.47. The Morgan fingerprint density at radius 1 is 1.24 bits per heavy atom. The number of nitrogens with zero attached hydrogens (tertiary/aromatic N) is 2. The van der Waals surface area contributed by atoms with Gasteiger partial charge in [-0.05, 0) is 31.0 Å². The largest absolute Gasteiger partial charge is 0.369 e. The van der Waals surface area contributed by atoms with E-state index in [0.717, 1.165) is 28.8 Å². The van der Waals surface area contributed by atoms with Gasteiger partial charge in [0.05, 0.1) is 11.3 Å². The predicted octanol–water partition coefficient (Wildman–Crippen LogP) is 3.70. The second-order valence-electron chi connectivity index (χ2n) is 5.34. The summed E-state index contributed by atoms with van der Waals surface area (Å²) in [6.07, 6.45) is 5.53. The Kier molecular flexibility index (Phi) is 2.63. The summed E-state index contributed by atoms with van der Waals surface area (Å²) in [5, 5.41) is 9.17. The van der Waals surface area contributed by atoms with Crippen LogP contribution >= 0.6 is 15.9 Å². The maximum Gasteiger partial charge on any atom is 0.101 e. The zero-order chi connectivity index (χ0) is 11.9. The first-order valence-electron chi connectivity index (χ1n) is 6.17. The first-order chi connectivity index (χ1) is 8.22. The maximum absolute atomic E-state index is 9.17. The second kappa shape index (κ2) is 4.03. The molecule has 2 aliphatic rings. The normalized spacial score (nSPS) is 21.3. The Balaban J connectivity index is 1.81. The van der Waals surface area contributed by atoms with Gasteiger partial charge in [-0.3, -0.25) is 0 Å². The standard InChI is InChI=1S/C14H15BrN2/c15-12-3-4-13(11(7-12)8-16)17-9-14(10-17)5-1-2-6-14/h3-4,7H,1-2,5-6,9-10H2. The van der Waals surface area contributed by atoms with Gasteiger partial charge in [0.2, 0.25) is 0 Å². The molecule has 0 atom stereocenters. The summed E-state index contributed by atoms with van der Waals surface area (Å²) < 4.78 is 0.980. The van der Waals surface area contributed by atoms with Crippen LogP contribution in [0.1, 0.15) is 31.2 Å². The van der Waals surface area contributed by atoms with Crippen LogP contribution in [0.3, 0.4) is 0 Å². The summed E-state index contributed by atoms with van der Waals surface area (Å²) >= 11 is 3.42. The molecule has 88 valence electrons. The molecule has 1 aliphatic carbocycles. The van der Waals surface area contributed by atoms with Gasteiger partial charge in [0.15, 0.2) is 0 Å². The molecule has 3 rings (SSSR count). The van der Waals surface area contributed by atoms with Crippen molar-refractivity contribution >= 4 is 21.6 Å². The highest BCUT2D eigenvalue weighted by Gasteiger charge is 2.45. The van der Waals surface area contributed by atoms with Crippen LogP contribution in [0.2, 0.25) is 0 Å². The van der Waals surface area contributed by atoms with Gasteiger partial charge >= 0.3 is 0 Å². The summed E-state index contributed by atoms with van der Waals surface area (Å²) in [6.45, 7) is 2.28. The molecule has 17 heavy (non-hydrogen) atoms. The molecule has 1 aromatic rings. The third-order valence-corrected chi connectivity index (χ3v) is 4.63. The van der Waals surface area contributed by atoms with Gasteiger partial charge in [0.25, 0.3) is 0 Å². The molecule has 1 saturated carbocycles. The van der Waals surface area contributed by atoms with E-state index in [1.165, 1.54) is 25.7 Å². The van der Waals surface area contributed by atoms with Crippen molar-refractivity contribution in [1.82, 2.24) is 0 Å². The number of anilines is 1. The molecule has 0 amide bonds. The van der Waals surface area contributed by atoms with Crippen LogP contribution in [0.5, 0.6) is 0 Å². The van der Waals surface area contributed by atoms with Crippen LogP contribution in [0, 0.1) is 16.7 Å². The molecule has 1 aromatic carbocycles. The predicted molar refractivity (Wildman–Crippen MR) is 72.0 cm³/mol. The SMILES string of the molecule is N#Cc1cc(Br)ccc1N1CC2(CCCC2)C1. The zero-order valence-electron chi connectivity index (χ0n) is 9.75. The Bertz CT molecular complexity index is 475. The molecule has 0 aromatic heterocycles. The number of halogens is 1. The van der Waals surface area contributed by atoms with Gasteiger partial charge in [0.1, 0.15) is 6.07 Å². The first kappa shape index (κ1) is 11.1. The van der Waals surface area contributed by atoms with E-state index in [1.807, 2.05) is 12.1 Å². The molecule has 0 bridgehead atoms. The lowest BCUT2D eigenvalue weighted by Gasteiger charge is -2.50. The molecule has 1 aliphatic heterocycles. The van der Waals surface area contributed by atoms with E-state index < -0.39 is 0 Å². The molecule has 0 radical (unpaired) electrons. The van der Waals surface area contributed by atoms with Crippen molar-refractivity contribution in [2.75, 3.05) is 18.0 Å². The van der Waals surface area contributed by atoms with Crippen LogP contribution in [0.25, 0.3) is 0 Å². The molecule has 2 nitrogen and oxygen atoms in total. The second-order valence-corrected chi connectivity index (χ2v) is 6.25. The average Bonchev–Trinajstić information content (AvgIpc) is 2.76. The van der Waals surface area contributed by atoms with Gasteiger partial charge in [-0.1, -0.05) is 28.8 Å². The third kappa shape index (κ3) is 1.85. The number of nitriles is 1. The van der Waals surface area contributed by atoms with Crippen LogP contribution in [-0.2, 0) is 0 Å². The van der Waals surface area contributed by atoms with Crippen molar-refractivity contribution in [3.05, 3.63) is 28.2 Å². The van der Waals surface area contributed by atoms with Gasteiger partial charge in [-0.15, -0.1) is 0 Å². The molecule has 1 spiro atoms. The Hall–Kier alpha value is -1.01. The Morgan fingerprint density at radius 2 is 1.94 bits per heavy atom. The number of benzene rings is 1. The van der Waals surface area contributed by atoms with E-state index in [9.17, 15) is 5.26 Å². The van der Waals surface area contributed by atoms with Crippen LogP contribution in [0.4, 0.5) is 5.69 Å². The maximum atomic E-state index is 9.17. The average molecular weight is 291 g/mol. The van der Waals surface area contributed by atoms with E-state index >= 15 is 0 Å². The lowest BCUT2D eigenvalue weighted by Crippen LogP contribution is -2.55. The van der Waals surface area contributed by atoms with Gasteiger partial charge in [-0.2, -0.15) is 5.26 Å². The lowest BCUT2D eigenvalue weighted by molar-refractivity contribution is 0.222. The number of hydrogen-bond donors (Lipinski definition) is 0. The summed E-state index contributed by atoms with van der Waals surface area (Å²) in [7, 11) is 0. The first-order valence-corrected chi connectivity index (χ1v) is 6.96. The fourth-order valence-electron chi connectivity index (χ4n) is 3.25. The van der Waals surface area contributed by atoms with Crippen molar-refractivity contribution in [3.63, 3.8) is 0 Å². The molecular formula is C14H15BrN2. The van der Waals surface area contributed by atoms with Crippen LogP contribution in [-0.4, -0.2) is 13.1 Å². The summed E-state index contributed by atoms with van der Waals surface area (Å²) in [6, 6.07) is 8.29. The minimum absolute atomic E-state index is 0.583. The monoisotopic (exact) mass is 290 g/mol. The van der Waals surface area contributed by atoms with Crippen molar-refractivity contribution < 1.29 is 0 Å². The fraction of sp³-hybridized carbons (Fsp3) is 0.500. The smallest absolute Gasteiger partial charge is 0.101 e. The van der Waals surface area contributed by atoms with Crippen LogP contribution in [0.15, 0.2) is 22.7 Å². The van der Waals surface area contributed by atoms with Gasteiger partial charge < -0.3 is 4.90 Å². The highest BCUT2D eigenvalue weighted by Crippen LogP contribution is 2.47. The van der Waals surface area contributed by atoms with E-state index in [1.54, 1.807) is 0 Å². The van der Waals surface area contributed by atoms with Gasteiger partial charge in [0, 0.05) is 23.0 Å². The third-order valence-electron chi connectivity index (χ3n) is 4.14. The Labute approximate surface area is 110 Å². The highest BCUT2D eigenvalue weighted by atomic mass is 79.9. The Morgan fingerprint density at radius 3 is 2.59 bits per heavy atom. The van der Waals surface area contributed by atoms with Gasteiger partial charge in [-0.25, -0.2) is 0 Å². The number of rotatable bonds is 1. The molecule has 0 unspecified atom stereocenters. The topological polar surface area (TPSA) is 27.0 Å². The van der Waals surface area contributed by atoms with E-state index in [0.29, 0.717) is 5.41 Å². The summed E-state index contributed by atoms with van der Waals surface area (Å²) in [4.78, 5) is 2.36. The molecule has 2 fully saturated rings. The summed E-state index contributed by atoms with van der Waals surface area (Å²) in [5.74, 6) is 0. The lowest BCUT2D eigenvalue weighted by atomic mass is 9.78. The molecule has 3 heteroatoms. The zero-order valence-corrected chi connectivity index (χ0v) is 11.3. The molecule has 1 heterocycles. The molecule has 0 N–H and O–H groups in total. The minimum atomic E-state index is 0.583. The minimum Gasteiger partial charge on any atom is -0.369 e. The molecule has 1 saturated heterocycles. The van der Waals surface area contributed by atoms with E-state index in [-0.39, 0.29) is 0 Å². The number of hydrogen-bond acceptors (Lipinski definition) is 2. The van der Waals surface area contributed by atoms with Crippen molar-refractivity contribution in [2.45, 2.75) is 25.7 Å². The van der Waals surface area contributed by atoms with Crippen molar-refractivity contribution in [3.8, 4) is 6.07 Å². The van der Waals surface area contributed by atoms with Crippen molar-refractivity contribution in [1.29, 1.82) is 5.26 Å². The quantitative estimate of drug-likeness (QED) is 0.789. The highest BCUT2D eigenvalue weighted by molar-refractivity contribution is 9.10. The van der Waals surface area contributed by atoms with E-state index in [4.69, 9.17) is 0 Å². The fourth-order valence-corrected chi connectivity index (χ4v) is 3.61. The van der Waals surface area contributed by atoms with Crippen LogP contribution < -0.4 is 4.90 Å². The molecular weight excluding hydrogens is 276 g/mol.